The fourth-order valence-electron chi connectivity index (χ4n) is 8.91. The standard InChI is InChI=1S/C51H58N4O8/c1-29(2)49(52)44(57)19-31(4)43(56)15-10-32-8-11-33(12-9-32)35-20-37-18-30(3)39-22-47(45(60-5)23-40(39)50(58)54(37)27-35)62-16-7-17-63-48-25-42-41(24-46(48)61-6)51(59)55-28-36(34-13-14-34)21-38(55)26-53-42/h8-9,11-12,18,22-29,31,34,37-38,49H,7,10,13-17,19-21,52H2,1-6H3. The fourth-order valence-corrected chi connectivity index (χ4v) is 8.91. The van der Waals surface area contributed by atoms with E-state index >= 15 is 0 Å². The molecule has 2 amide bonds. The van der Waals surface area contributed by atoms with Crippen LogP contribution in [0.3, 0.4) is 0 Å². The van der Waals surface area contributed by atoms with Gasteiger partial charge < -0.3 is 34.5 Å². The number of aryl methyl sites for hydroxylation is 1. The van der Waals surface area contributed by atoms with Crippen LogP contribution < -0.4 is 24.7 Å². The van der Waals surface area contributed by atoms with E-state index in [4.69, 9.17) is 29.7 Å². The lowest BCUT2D eigenvalue weighted by Gasteiger charge is -2.20. The van der Waals surface area contributed by atoms with Crippen molar-refractivity contribution in [2.75, 3.05) is 27.4 Å². The summed E-state index contributed by atoms with van der Waals surface area (Å²) in [6, 6.07) is 14.5. The van der Waals surface area contributed by atoms with Gasteiger partial charge in [-0.05, 0) is 102 Å². The highest BCUT2D eigenvalue weighted by molar-refractivity contribution is 6.05. The van der Waals surface area contributed by atoms with Crippen molar-refractivity contribution in [1.82, 2.24) is 9.80 Å². The fraction of sp³-hybridized carbons (Fsp3) is 0.431. The number of ether oxygens (including phenoxy) is 4. The molecule has 63 heavy (non-hydrogen) atoms. The van der Waals surface area contributed by atoms with Crippen LogP contribution in [-0.2, 0) is 16.0 Å². The van der Waals surface area contributed by atoms with Crippen LogP contribution in [0.15, 0.2) is 77.6 Å². The largest absolute Gasteiger partial charge is 0.493 e. The molecule has 3 aromatic rings. The lowest BCUT2D eigenvalue weighted by Crippen LogP contribution is -2.37. The molecule has 4 heterocycles. The Bertz CT molecular complexity index is 2430. The average Bonchev–Trinajstić information content (AvgIpc) is 3.96. The number of hydrogen-bond acceptors (Lipinski definition) is 10. The minimum Gasteiger partial charge on any atom is -0.493 e. The second-order valence-electron chi connectivity index (χ2n) is 17.9. The lowest BCUT2D eigenvalue weighted by atomic mass is 9.90. The van der Waals surface area contributed by atoms with E-state index in [0.29, 0.717) is 84.6 Å². The zero-order chi connectivity index (χ0) is 44.5. The number of nitrogens with two attached hydrogens (primary N) is 1. The predicted octanol–water partition coefficient (Wildman–Crippen LogP) is 8.53. The van der Waals surface area contributed by atoms with E-state index in [9.17, 15) is 19.2 Å². The molecule has 0 saturated heterocycles. The van der Waals surface area contributed by atoms with E-state index in [1.807, 2.05) is 69.7 Å². The number of carbonyl (C=O) groups excluding carboxylic acids is 4. The molecular weight excluding hydrogens is 797 g/mol. The molecule has 12 heteroatoms. The predicted molar refractivity (Wildman–Crippen MR) is 243 cm³/mol. The SMILES string of the molecule is COc1cc2c(cc1OCCCOc1cc3c(cc1OC)C(=O)N1C=C(c4ccc(CCC(=O)C(C)CC(=O)C(N)C(C)C)cc4)CC1C=C3C)N=CC1CC(C3CC3)=CN1C2=O. The summed E-state index contributed by atoms with van der Waals surface area (Å²) in [6.07, 6.45) is 13.5. The molecular formula is C51H58N4O8. The molecule has 330 valence electrons. The molecule has 4 unspecified atom stereocenters. The van der Waals surface area contributed by atoms with Crippen LogP contribution >= 0.6 is 0 Å². The topological polar surface area (TPSA) is 150 Å². The molecule has 2 N–H and O–H groups in total. The Morgan fingerprint density at radius 3 is 2.10 bits per heavy atom. The van der Waals surface area contributed by atoms with Crippen LogP contribution in [0.1, 0.15) is 110 Å². The maximum atomic E-state index is 14.2. The quantitative estimate of drug-likeness (QED) is 0.124. The van der Waals surface area contributed by atoms with Gasteiger partial charge in [-0.15, -0.1) is 0 Å². The molecule has 4 atom stereocenters. The highest BCUT2D eigenvalue weighted by Crippen LogP contribution is 2.45. The summed E-state index contributed by atoms with van der Waals surface area (Å²) in [5.74, 6) is 2.04. The van der Waals surface area contributed by atoms with Crippen LogP contribution in [0, 0.1) is 17.8 Å². The number of hydrogen-bond donors (Lipinski definition) is 1. The number of rotatable bonds is 18. The summed E-state index contributed by atoms with van der Waals surface area (Å²) in [5, 5.41) is 0. The van der Waals surface area contributed by atoms with Crippen LogP contribution in [0.2, 0.25) is 0 Å². The van der Waals surface area contributed by atoms with Gasteiger partial charge in [-0.3, -0.25) is 24.2 Å². The van der Waals surface area contributed by atoms with Crippen LogP contribution in [0.4, 0.5) is 5.69 Å². The third kappa shape index (κ3) is 9.23. The van der Waals surface area contributed by atoms with E-state index < -0.39 is 6.04 Å². The minimum atomic E-state index is -0.543. The number of carbonyl (C=O) groups is 4. The number of amides is 2. The van der Waals surface area contributed by atoms with Crippen LogP contribution in [0.25, 0.3) is 11.1 Å². The zero-order valence-corrected chi connectivity index (χ0v) is 37.1. The maximum absolute atomic E-state index is 14.2. The van der Waals surface area contributed by atoms with E-state index in [0.717, 1.165) is 34.3 Å². The first kappa shape index (κ1) is 43.6. The molecule has 1 saturated carbocycles. The summed E-state index contributed by atoms with van der Waals surface area (Å²) < 4.78 is 23.8. The molecule has 12 nitrogen and oxygen atoms in total. The van der Waals surface area contributed by atoms with E-state index in [1.165, 1.54) is 18.4 Å². The number of fused-ring (bicyclic) bond motifs is 4. The van der Waals surface area contributed by atoms with Gasteiger partial charge in [-0.2, -0.15) is 0 Å². The minimum absolute atomic E-state index is 0.0437. The number of aliphatic imine (C=N–C) groups is 1. The van der Waals surface area contributed by atoms with Crippen molar-refractivity contribution in [3.8, 4) is 23.0 Å². The summed E-state index contributed by atoms with van der Waals surface area (Å²) in [7, 11) is 3.12. The zero-order valence-electron chi connectivity index (χ0n) is 37.1. The van der Waals surface area contributed by atoms with Gasteiger partial charge in [0.2, 0.25) is 0 Å². The second kappa shape index (κ2) is 18.4. The molecule has 1 aliphatic carbocycles. The normalized spacial score (nSPS) is 19.8. The van der Waals surface area contributed by atoms with Crippen molar-refractivity contribution >= 4 is 46.4 Å². The van der Waals surface area contributed by atoms with Crippen LogP contribution in [-0.4, -0.2) is 85.0 Å². The van der Waals surface area contributed by atoms with Crippen molar-refractivity contribution in [2.45, 2.75) is 97.2 Å². The number of methoxy groups -OCH3 is 2. The first-order chi connectivity index (χ1) is 30.3. The van der Waals surface area contributed by atoms with Crippen molar-refractivity contribution in [3.05, 3.63) is 100 Å². The number of ketones is 2. The summed E-state index contributed by atoms with van der Waals surface area (Å²) in [6.45, 7) is 8.29. The Balaban J connectivity index is 0.867. The van der Waals surface area contributed by atoms with E-state index in [2.05, 4.69) is 6.08 Å². The Kier molecular flexibility index (Phi) is 12.7. The summed E-state index contributed by atoms with van der Waals surface area (Å²) in [4.78, 5) is 61.3. The lowest BCUT2D eigenvalue weighted by molar-refractivity contribution is -0.128. The Morgan fingerprint density at radius 2 is 1.43 bits per heavy atom. The van der Waals surface area contributed by atoms with Crippen molar-refractivity contribution in [3.63, 3.8) is 0 Å². The highest BCUT2D eigenvalue weighted by Gasteiger charge is 2.38. The number of allylic oxidation sites excluding steroid dienone is 1. The van der Waals surface area contributed by atoms with Crippen molar-refractivity contribution in [1.29, 1.82) is 0 Å². The smallest absolute Gasteiger partial charge is 0.260 e. The van der Waals surface area contributed by atoms with Gasteiger partial charge >= 0.3 is 0 Å². The Labute approximate surface area is 369 Å². The molecule has 1 fully saturated rings. The third-order valence-electron chi connectivity index (χ3n) is 13.0. The van der Waals surface area contributed by atoms with Crippen molar-refractivity contribution < 1.29 is 38.1 Å². The third-order valence-corrected chi connectivity index (χ3v) is 13.0. The average molecular weight is 855 g/mol. The highest BCUT2D eigenvalue weighted by atomic mass is 16.5. The molecule has 8 rings (SSSR count). The second-order valence-corrected chi connectivity index (χ2v) is 17.9. The monoisotopic (exact) mass is 854 g/mol. The number of benzene rings is 3. The number of Topliss-reactive ketones (excluding diaryl/α,β-unsaturated/α-hetero) is 2. The first-order valence-electron chi connectivity index (χ1n) is 22.2. The van der Waals surface area contributed by atoms with Gasteiger partial charge in [0.05, 0.1) is 62.4 Å². The molecule has 0 aromatic heterocycles. The Morgan fingerprint density at radius 1 is 0.794 bits per heavy atom. The molecule has 0 spiro atoms. The van der Waals surface area contributed by atoms with Crippen molar-refractivity contribution in [2.24, 2.45) is 28.5 Å². The van der Waals surface area contributed by atoms with Gasteiger partial charge in [0, 0.05) is 49.9 Å². The summed E-state index contributed by atoms with van der Waals surface area (Å²) in [5.41, 5.74) is 13.8. The maximum Gasteiger partial charge on any atom is 0.260 e. The molecule has 5 aliphatic rings. The molecule has 0 bridgehead atoms. The van der Waals surface area contributed by atoms with Gasteiger partial charge in [-0.1, -0.05) is 51.1 Å². The number of nitrogens with zero attached hydrogens (tertiary/aromatic N) is 3. The Hall–Kier alpha value is -6.01. The molecule has 3 aromatic carbocycles. The van der Waals surface area contributed by atoms with E-state index in [1.54, 1.807) is 49.1 Å². The molecule has 4 aliphatic heterocycles. The van der Waals surface area contributed by atoms with Gasteiger partial charge in [0.15, 0.2) is 23.0 Å². The van der Waals surface area contributed by atoms with Gasteiger partial charge in [0.25, 0.3) is 11.8 Å². The van der Waals surface area contributed by atoms with Crippen LogP contribution in [0.5, 0.6) is 23.0 Å². The van der Waals surface area contributed by atoms with Gasteiger partial charge in [0.1, 0.15) is 11.6 Å². The van der Waals surface area contributed by atoms with Gasteiger partial charge in [-0.25, -0.2) is 0 Å². The first-order valence-corrected chi connectivity index (χ1v) is 22.2. The summed E-state index contributed by atoms with van der Waals surface area (Å²) >= 11 is 0. The molecule has 0 radical (unpaired) electrons. The van der Waals surface area contributed by atoms with E-state index in [-0.39, 0.29) is 53.7 Å².